The number of H-pyrrole nitrogens is 1. The first-order chi connectivity index (χ1) is 29.6. The van der Waals surface area contributed by atoms with E-state index in [0.29, 0.717) is 21.9 Å². The summed E-state index contributed by atoms with van der Waals surface area (Å²) in [7, 11) is 1.79. The highest BCUT2D eigenvalue weighted by molar-refractivity contribution is 7.19. The molecule has 4 heterocycles. The summed E-state index contributed by atoms with van der Waals surface area (Å²) in [5, 5.41) is 31.4. The normalized spacial score (nSPS) is 12.7. The molecule has 14 nitrogen and oxygen atoms in total. The fourth-order valence-electron chi connectivity index (χ4n) is 7.29. The Morgan fingerprint density at radius 3 is 1.66 bits per heavy atom. The molecule has 4 aromatic carbocycles. The third kappa shape index (κ3) is 7.89. The van der Waals surface area contributed by atoms with Crippen LogP contribution in [0.1, 0.15) is 56.1 Å². The lowest BCUT2D eigenvalue weighted by Gasteiger charge is -2.08. The molecule has 0 saturated heterocycles. The smallest absolute Gasteiger partial charge is 0.263 e. The fraction of sp³-hybridized carbons (Fsp3) is 0.171. The molecule has 61 heavy (non-hydrogen) atoms. The number of aromatic nitrogens is 10. The Morgan fingerprint density at radius 2 is 1.18 bits per heavy atom. The molecule has 20 heteroatoms. The Hall–Kier alpha value is -7.06. The van der Waals surface area contributed by atoms with Crippen molar-refractivity contribution in [1.29, 1.82) is 0 Å². The maximum atomic E-state index is 13.9. The molecule has 0 bridgehead atoms. The van der Waals surface area contributed by atoms with Crippen LogP contribution in [0, 0.1) is 23.3 Å². The van der Waals surface area contributed by atoms with Crippen LogP contribution in [0.5, 0.6) is 0 Å². The average molecular weight is 863 g/mol. The number of hydrogen-bond acceptors (Lipinski definition) is 12. The van der Waals surface area contributed by atoms with Gasteiger partial charge in [0, 0.05) is 18.2 Å². The van der Waals surface area contributed by atoms with Crippen molar-refractivity contribution in [3.63, 3.8) is 0 Å². The zero-order valence-electron chi connectivity index (χ0n) is 31.8. The predicted molar refractivity (Wildman–Crippen MR) is 219 cm³/mol. The minimum Gasteiger partial charge on any atom is -0.298 e. The van der Waals surface area contributed by atoms with Gasteiger partial charge in [-0.05, 0) is 113 Å². The summed E-state index contributed by atoms with van der Waals surface area (Å²) in [5.41, 5.74) is 6.58. The van der Waals surface area contributed by atoms with Crippen molar-refractivity contribution in [3.05, 3.63) is 130 Å². The molecule has 0 aliphatic heterocycles. The topological polar surface area (TPSA) is 182 Å². The number of carbonyl (C=O) groups is 2. The second-order valence-electron chi connectivity index (χ2n) is 14.0. The minimum absolute atomic E-state index is 0.308. The highest BCUT2D eigenvalue weighted by Gasteiger charge is 2.25. The van der Waals surface area contributed by atoms with Gasteiger partial charge >= 0.3 is 0 Å². The number of amides is 2. The second-order valence-corrected chi connectivity index (χ2v) is 16.0. The molecule has 0 radical (unpaired) electrons. The SMILES string of the molecule is Cn1nnnc1-c1ccc2c(c1)CCCc1nc(NC(=O)c3c(F)cccc3F)sc1-2.O=C(Nc1nc2c(s1)-c1ccc(-c3nn[nH]n3)cc1CCC2)c1c(F)cccc1F. The van der Waals surface area contributed by atoms with Crippen molar-refractivity contribution >= 4 is 44.8 Å². The van der Waals surface area contributed by atoms with Gasteiger partial charge in [-0.3, -0.25) is 20.2 Å². The third-order valence-electron chi connectivity index (χ3n) is 10.1. The van der Waals surface area contributed by atoms with E-state index in [1.54, 1.807) is 11.7 Å². The molecule has 0 saturated carbocycles. The first kappa shape index (κ1) is 39.4. The van der Waals surface area contributed by atoms with Crippen molar-refractivity contribution < 1.29 is 27.2 Å². The number of fused-ring (bicyclic) bond motifs is 6. The van der Waals surface area contributed by atoms with Gasteiger partial charge in [0.25, 0.3) is 11.8 Å². The summed E-state index contributed by atoms with van der Waals surface area (Å²) in [5.74, 6) is -4.16. The van der Waals surface area contributed by atoms with E-state index in [1.165, 1.54) is 34.8 Å². The Morgan fingerprint density at radius 1 is 0.672 bits per heavy atom. The monoisotopic (exact) mass is 862 g/mol. The van der Waals surface area contributed by atoms with Crippen LogP contribution in [0.4, 0.5) is 27.8 Å². The van der Waals surface area contributed by atoms with Crippen LogP contribution in [-0.4, -0.2) is 62.6 Å². The minimum atomic E-state index is -0.912. The molecule has 2 aliphatic rings. The number of hydrogen-bond donors (Lipinski definition) is 3. The lowest BCUT2D eigenvalue weighted by molar-refractivity contribution is 0.101. The maximum Gasteiger partial charge on any atom is 0.263 e. The van der Waals surface area contributed by atoms with Gasteiger partial charge in [0.15, 0.2) is 16.1 Å². The van der Waals surface area contributed by atoms with Crippen molar-refractivity contribution in [1.82, 2.24) is 50.8 Å². The number of thiazole rings is 2. The van der Waals surface area contributed by atoms with Crippen LogP contribution in [0.2, 0.25) is 0 Å². The first-order valence-electron chi connectivity index (χ1n) is 18.8. The molecular formula is C41H30F4N12O2S2. The summed E-state index contributed by atoms with van der Waals surface area (Å²) in [6.07, 6.45) is 4.99. The lowest BCUT2D eigenvalue weighted by atomic mass is 10.0. The van der Waals surface area contributed by atoms with Crippen LogP contribution >= 0.6 is 22.7 Å². The van der Waals surface area contributed by atoms with E-state index < -0.39 is 46.2 Å². The van der Waals surface area contributed by atoms with Gasteiger partial charge < -0.3 is 0 Å². The van der Waals surface area contributed by atoms with E-state index >= 15 is 0 Å². The van der Waals surface area contributed by atoms with E-state index in [4.69, 9.17) is 0 Å². The van der Waals surface area contributed by atoms with Crippen molar-refractivity contribution in [2.45, 2.75) is 38.5 Å². The number of nitrogens with zero attached hydrogens (tertiary/aromatic N) is 9. The largest absolute Gasteiger partial charge is 0.298 e. The summed E-state index contributed by atoms with van der Waals surface area (Å²) in [6, 6.07) is 18.6. The fourth-order valence-corrected chi connectivity index (χ4v) is 9.43. The Balaban J connectivity index is 0.000000156. The highest BCUT2D eigenvalue weighted by Crippen LogP contribution is 2.41. The number of anilines is 2. The Bertz CT molecular complexity index is 2930. The standard InChI is InChI=1S/C21H16F2N6OS.C20H14F2N6OS/c1-29-19(26-27-28-29)12-8-9-13-11(10-12)4-2-7-16-18(13)31-21(24-16)25-20(30)17-14(22)5-3-6-15(17)23;21-13-4-2-5-14(22)16(13)19(29)24-20-23-15-6-1-3-10-9-11(18-25-27-28-26-18)7-8-12(10)17(15)30-20/h3,5-6,8-10H,2,4,7H2,1H3,(H,24,25,30);2,4-5,7-9H,1,3,6H2,(H,23,24,29)(H,25,26,27,28). The Labute approximate surface area is 351 Å². The molecule has 306 valence electrons. The number of nitrogens with one attached hydrogen (secondary N) is 3. The number of aromatic amines is 1. The number of aryl methyl sites for hydroxylation is 5. The number of halogens is 4. The average Bonchev–Trinajstić information content (AvgIpc) is 4.05. The molecule has 0 fully saturated rings. The van der Waals surface area contributed by atoms with Gasteiger partial charge in [-0.2, -0.15) is 5.21 Å². The molecule has 0 atom stereocenters. The van der Waals surface area contributed by atoms with Crippen molar-refractivity contribution in [2.75, 3.05) is 10.6 Å². The van der Waals surface area contributed by atoms with E-state index in [2.05, 4.69) is 62.8 Å². The van der Waals surface area contributed by atoms with E-state index in [-0.39, 0.29) is 0 Å². The molecule has 0 spiro atoms. The van der Waals surface area contributed by atoms with Crippen LogP contribution in [0.3, 0.4) is 0 Å². The zero-order chi connectivity index (χ0) is 42.2. The zero-order valence-corrected chi connectivity index (χ0v) is 33.5. The first-order valence-corrected chi connectivity index (χ1v) is 20.5. The molecule has 0 unspecified atom stereocenters. The molecule has 2 aliphatic carbocycles. The Kier molecular flexibility index (Phi) is 10.7. The summed E-state index contributed by atoms with van der Waals surface area (Å²) >= 11 is 2.59. The predicted octanol–water partition coefficient (Wildman–Crippen LogP) is 8.03. The molecule has 2 amide bonds. The number of tetrazole rings is 2. The van der Waals surface area contributed by atoms with Crippen LogP contribution in [0.25, 0.3) is 43.7 Å². The maximum absolute atomic E-state index is 13.9. The molecule has 10 rings (SSSR count). The van der Waals surface area contributed by atoms with Crippen LogP contribution < -0.4 is 10.6 Å². The van der Waals surface area contributed by atoms with E-state index in [1.807, 2.05) is 30.3 Å². The van der Waals surface area contributed by atoms with Crippen molar-refractivity contribution in [3.8, 4) is 43.7 Å². The summed E-state index contributed by atoms with van der Waals surface area (Å²) in [4.78, 5) is 35.8. The number of benzene rings is 4. The van der Waals surface area contributed by atoms with Gasteiger partial charge in [-0.15, -0.1) is 15.3 Å². The van der Waals surface area contributed by atoms with Gasteiger partial charge in [0.1, 0.15) is 34.4 Å². The highest BCUT2D eigenvalue weighted by atomic mass is 32.1. The van der Waals surface area contributed by atoms with Crippen LogP contribution in [0.15, 0.2) is 72.8 Å². The van der Waals surface area contributed by atoms with Gasteiger partial charge in [-0.1, -0.05) is 59.1 Å². The van der Waals surface area contributed by atoms with Crippen molar-refractivity contribution in [2.24, 2.45) is 7.05 Å². The third-order valence-corrected chi connectivity index (χ3v) is 12.2. The molecule has 8 aromatic rings. The molecular weight excluding hydrogens is 833 g/mol. The van der Waals surface area contributed by atoms with Gasteiger partial charge in [0.05, 0.1) is 21.1 Å². The quantitative estimate of drug-likeness (QED) is 0.139. The van der Waals surface area contributed by atoms with Crippen LogP contribution in [-0.2, 0) is 32.7 Å². The molecule has 3 N–H and O–H groups in total. The van der Waals surface area contributed by atoms with Gasteiger partial charge in [-0.25, -0.2) is 32.2 Å². The summed E-state index contributed by atoms with van der Waals surface area (Å²) < 4.78 is 57.3. The molecule has 4 aromatic heterocycles. The lowest BCUT2D eigenvalue weighted by Crippen LogP contribution is -2.15. The number of carbonyl (C=O) groups excluding carboxylic acids is 2. The number of rotatable bonds is 6. The van der Waals surface area contributed by atoms with E-state index in [0.717, 1.165) is 117 Å². The van der Waals surface area contributed by atoms with E-state index in [9.17, 15) is 27.2 Å². The summed E-state index contributed by atoms with van der Waals surface area (Å²) in [6.45, 7) is 0. The second kappa shape index (κ2) is 16.5. The van der Waals surface area contributed by atoms with Gasteiger partial charge in [0.2, 0.25) is 5.82 Å².